The van der Waals surface area contributed by atoms with Gasteiger partial charge < -0.3 is 10.6 Å². The van der Waals surface area contributed by atoms with Crippen molar-refractivity contribution in [3.8, 4) is 0 Å². The topological polar surface area (TPSA) is 54.0 Å². The SMILES string of the molecule is CCNc1ccncc1C(=O)NCc1sccc1C. The number of anilines is 1. The van der Waals surface area contributed by atoms with E-state index in [1.165, 1.54) is 10.4 Å². The van der Waals surface area contributed by atoms with Gasteiger partial charge in [0.1, 0.15) is 0 Å². The molecular weight excluding hydrogens is 258 g/mol. The number of aromatic nitrogens is 1. The van der Waals surface area contributed by atoms with E-state index < -0.39 is 0 Å². The highest BCUT2D eigenvalue weighted by molar-refractivity contribution is 7.10. The second-order valence-corrected chi connectivity index (χ2v) is 5.16. The van der Waals surface area contributed by atoms with Crippen LogP contribution in [0, 0.1) is 6.92 Å². The molecule has 4 nitrogen and oxygen atoms in total. The van der Waals surface area contributed by atoms with Crippen molar-refractivity contribution in [2.45, 2.75) is 20.4 Å². The van der Waals surface area contributed by atoms with Crippen LogP contribution in [0.2, 0.25) is 0 Å². The van der Waals surface area contributed by atoms with E-state index in [9.17, 15) is 4.79 Å². The Bertz CT molecular complexity index is 565. The first-order valence-electron chi connectivity index (χ1n) is 6.21. The Hall–Kier alpha value is -1.88. The van der Waals surface area contributed by atoms with Crippen molar-refractivity contribution in [3.63, 3.8) is 0 Å². The summed E-state index contributed by atoms with van der Waals surface area (Å²) < 4.78 is 0. The molecule has 0 aliphatic heterocycles. The number of hydrogen-bond acceptors (Lipinski definition) is 4. The largest absolute Gasteiger partial charge is 0.385 e. The van der Waals surface area contributed by atoms with Gasteiger partial charge in [-0.3, -0.25) is 9.78 Å². The van der Waals surface area contributed by atoms with Crippen LogP contribution in [0.5, 0.6) is 0 Å². The summed E-state index contributed by atoms with van der Waals surface area (Å²) in [4.78, 5) is 17.4. The molecule has 5 heteroatoms. The molecule has 0 saturated heterocycles. The lowest BCUT2D eigenvalue weighted by atomic mass is 10.2. The monoisotopic (exact) mass is 275 g/mol. The highest BCUT2D eigenvalue weighted by Crippen LogP contribution is 2.16. The minimum Gasteiger partial charge on any atom is -0.385 e. The van der Waals surface area contributed by atoms with E-state index in [4.69, 9.17) is 0 Å². The number of hydrogen-bond donors (Lipinski definition) is 2. The van der Waals surface area contributed by atoms with Crippen molar-refractivity contribution in [1.82, 2.24) is 10.3 Å². The molecule has 100 valence electrons. The maximum atomic E-state index is 12.2. The van der Waals surface area contributed by atoms with E-state index in [0.717, 1.165) is 12.2 Å². The zero-order chi connectivity index (χ0) is 13.7. The molecule has 0 aliphatic carbocycles. The third-order valence-electron chi connectivity index (χ3n) is 2.81. The Morgan fingerprint density at radius 2 is 2.26 bits per heavy atom. The van der Waals surface area contributed by atoms with Gasteiger partial charge in [-0.05, 0) is 36.9 Å². The summed E-state index contributed by atoms with van der Waals surface area (Å²) >= 11 is 1.66. The first kappa shape index (κ1) is 13.5. The first-order chi connectivity index (χ1) is 9.22. The number of carbonyl (C=O) groups excluding carboxylic acids is 1. The maximum absolute atomic E-state index is 12.2. The van der Waals surface area contributed by atoms with Gasteiger partial charge in [-0.1, -0.05) is 0 Å². The molecule has 2 aromatic rings. The lowest BCUT2D eigenvalue weighted by Crippen LogP contribution is -2.24. The summed E-state index contributed by atoms with van der Waals surface area (Å²) in [6.45, 7) is 5.38. The number of pyridine rings is 1. The summed E-state index contributed by atoms with van der Waals surface area (Å²) in [7, 11) is 0. The zero-order valence-corrected chi connectivity index (χ0v) is 11.9. The fourth-order valence-electron chi connectivity index (χ4n) is 1.76. The van der Waals surface area contributed by atoms with Gasteiger partial charge in [0.15, 0.2) is 0 Å². The molecule has 0 saturated carbocycles. The average molecular weight is 275 g/mol. The number of thiophene rings is 1. The molecule has 0 atom stereocenters. The molecule has 0 spiro atoms. The molecule has 2 N–H and O–H groups in total. The molecule has 2 heterocycles. The van der Waals surface area contributed by atoms with Gasteiger partial charge >= 0.3 is 0 Å². The fourth-order valence-corrected chi connectivity index (χ4v) is 2.61. The first-order valence-corrected chi connectivity index (χ1v) is 7.09. The van der Waals surface area contributed by atoms with Gasteiger partial charge in [-0.15, -0.1) is 11.3 Å². The number of rotatable bonds is 5. The normalized spacial score (nSPS) is 10.2. The number of nitrogens with zero attached hydrogens (tertiary/aromatic N) is 1. The van der Waals surface area contributed by atoms with Crippen LogP contribution in [-0.4, -0.2) is 17.4 Å². The average Bonchev–Trinajstić information content (AvgIpc) is 2.82. The molecule has 19 heavy (non-hydrogen) atoms. The molecular formula is C14H17N3OS. The van der Waals surface area contributed by atoms with Crippen LogP contribution in [0.15, 0.2) is 29.9 Å². The number of nitrogens with one attached hydrogen (secondary N) is 2. The molecule has 0 aliphatic rings. The summed E-state index contributed by atoms with van der Waals surface area (Å²) in [5.41, 5.74) is 2.61. The fraction of sp³-hybridized carbons (Fsp3) is 0.286. The summed E-state index contributed by atoms with van der Waals surface area (Å²) in [5, 5.41) is 8.13. The number of carbonyl (C=O) groups is 1. The summed E-state index contributed by atoms with van der Waals surface area (Å²) in [6, 6.07) is 3.87. The Labute approximate surface area is 116 Å². The summed E-state index contributed by atoms with van der Waals surface area (Å²) in [5.74, 6) is -0.100. The van der Waals surface area contributed by atoms with Gasteiger partial charge in [-0.25, -0.2) is 0 Å². The van der Waals surface area contributed by atoms with Crippen LogP contribution in [0.1, 0.15) is 27.7 Å². The second kappa shape index (κ2) is 6.33. The van der Waals surface area contributed by atoms with E-state index in [1.54, 1.807) is 23.7 Å². The van der Waals surface area contributed by atoms with Crippen LogP contribution >= 0.6 is 11.3 Å². The van der Waals surface area contributed by atoms with Crippen LogP contribution in [0.4, 0.5) is 5.69 Å². The minimum atomic E-state index is -0.100. The van der Waals surface area contributed by atoms with E-state index in [2.05, 4.69) is 21.7 Å². The van der Waals surface area contributed by atoms with Crippen molar-refractivity contribution in [3.05, 3.63) is 45.9 Å². The standard InChI is InChI=1S/C14H17N3OS/c1-3-16-12-4-6-15-8-11(12)14(18)17-9-13-10(2)5-7-19-13/h4-8H,3,9H2,1-2H3,(H,15,16)(H,17,18). The van der Waals surface area contributed by atoms with Gasteiger partial charge in [-0.2, -0.15) is 0 Å². The third-order valence-corrected chi connectivity index (χ3v) is 3.83. The predicted octanol–water partition coefficient (Wildman–Crippen LogP) is 2.81. The molecule has 2 rings (SSSR count). The molecule has 0 radical (unpaired) electrons. The van der Waals surface area contributed by atoms with Crippen molar-refractivity contribution >= 4 is 22.9 Å². The molecule has 0 unspecified atom stereocenters. The van der Waals surface area contributed by atoms with Crippen molar-refractivity contribution in [2.24, 2.45) is 0 Å². The van der Waals surface area contributed by atoms with E-state index in [1.807, 2.05) is 25.3 Å². The van der Waals surface area contributed by atoms with Crippen LogP contribution in [0.3, 0.4) is 0 Å². The van der Waals surface area contributed by atoms with E-state index >= 15 is 0 Å². The zero-order valence-electron chi connectivity index (χ0n) is 11.1. The minimum absolute atomic E-state index is 0.100. The van der Waals surface area contributed by atoms with Crippen LogP contribution in [-0.2, 0) is 6.54 Å². The molecule has 1 amide bonds. The van der Waals surface area contributed by atoms with E-state index in [0.29, 0.717) is 12.1 Å². The number of amides is 1. The molecule has 0 bridgehead atoms. The molecule has 0 aromatic carbocycles. The van der Waals surface area contributed by atoms with E-state index in [-0.39, 0.29) is 5.91 Å². The van der Waals surface area contributed by atoms with Gasteiger partial charge in [0.05, 0.1) is 17.8 Å². The Morgan fingerprint density at radius 1 is 1.42 bits per heavy atom. The lowest BCUT2D eigenvalue weighted by molar-refractivity contribution is 0.0951. The van der Waals surface area contributed by atoms with Crippen LogP contribution in [0.25, 0.3) is 0 Å². The Balaban J connectivity index is 2.06. The second-order valence-electron chi connectivity index (χ2n) is 4.16. The summed E-state index contributed by atoms with van der Waals surface area (Å²) in [6.07, 6.45) is 3.27. The Kier molecular flexibility index (Phi) is 4.52. The third kappa shape index (κ3) is 3.32. The van der Waals surface area contributed by atoms with Crippen LogP contribution < -0.4 is 10.6 Å². The van der Waals surface area contributed by atoms with Gasteiger partial charge in [0, 0.05) is 23.8 Å². The molecule has 2 aromatic heterocycles. The van der Waals surface area contributed by atoms with Gasteiger partial charge in [0.2, 0.25) is 0 Å². The smallest absolute Gasteiger partial charge is 0.255 e. The van der Waals surface area contributed by atoms with Crippen molar-refractivity contribution < 1.29 is 4.79 Å². The Morgan fingerprint density at radius 3 is 2.95 bits per heavy atom. The van der Waals surface area contributed by atoms with Gasteiger partial charge in [0.25, 0.3) is 5.91 Å². The highest BCUT2D eigenvalue weighted by atomic mass is 32.1. The van der Waals surface area contributed by atoms with Crippen molar-refractivity contribution in [2.75, 3.05) is 11.9 Å². The predicted molar refractivity (Wildman–Crippen MR) is 78.6 cm³/mol. The lowest BCUT2D eigenvalue weighted by Gasteiger charge is -2.10. The maximum Gasteiger partial charge on any atom is 0.255 e. The quantitative estimate of drug-likeness (QED) is 0.882. The van der Waals surface area contributed by atoms with Crippen molar-refractivity contribution in [1.29, 1.82) is 0 Å². The highest BCUT2D eigenvalue weighted by Gasteiger charge is 2.11. The number of aryl methyl sites for hydroxylation is 1. The molecule has 0 fully saturated rings.